The summed E-state index contributed by atoms with van der Waals surface area (Å²) in [5.41, 5.74) is 0. The number of nitrogens with zero attached hydrogens (tertiary/aromatic N) is 1. The molecule has 1 aliphatic rings. The topological polar surface area (TPSA) is 52.6 Å². The van der Waals surface area contributed by atoms with Gasteiger partial charge in [0, 0.05) is 23.4 Å². The van der Waals surface area contributed by atoms with E-state index >= 15 is 0 Å². The third kappa shape index (κ3) is 5.45. The first-order valence-electron chi connectivity index (χ1n) is 5.96. The predicted molar refractivity (Wildman–Crippen MR) is 73.2 cm³/mol. The molecule has 2 N–H and O–H groups in total. The smallest absolute Gasteiger partial charge is 0.303 e. The zero-order chi connectivity index (χ0) is 11.8. The SMILES string of the molecule is O=C(O)CCCN(CCI)C1CCNCC1. The molecule has 1 heterocycles. The lowest BCUT2D eigenvalue weighted by molar-refractivity contribution is -0.137. The molecule has 1 fully saturated rings. The fourth-order valence-electron chi connectivity index (χ4n) is 2.19. The molecule has 0 aromatic heterocycles. The summed E-state index contributed by atoms with van der Waals surface area (Å²) >= 11 is 2.39. The van der Waals surface area contributed by atoms with Crippen molar-refractivity contribution in [2.75, 3.05) is 30.6 Å². The highest BCUT2D eigenvalue weighted by atomic mass is 127. The van der Waals surface area contributed by atoms with Crippen molar-refractivity contribution in [1.82, 2.24) is 10.2 Å². The van der Waals surface area contributed by atoms with Gasteiger partial charge in [-0.05, 0) is 38.9 Å². The highest BCUT2D eigenvalue weighted by Gasteiger charge is 2.19. The highest BCUT2D eigenvalue weighted by Crippen LogP contribution is 2.13. The van der Waals surface area contributed by atoms with Crippen LogP contribution in [-0.4, -0.2) is 52.6 Å². The molecule has 16 heavy (non-hydrogen) atoms. The van der Waals surface area contributed by atoms with Gasteiger partial charge in [-0.3, -0.25) is 9.69 Å². The van der Waals surface area contributed by atoms with Crippen molar-refractivity contribution in [1.29, 1.82) is 0 Å². The molecular weight excluding hydrogens is 319 g/mol. The van der Waals surface area contributed by atoms with Crippen molar-refractivity contribution in [3.63, 3.8) is 0 Å². The lowest BCUT2D eigenvalue weighted by atomic mass is 10.0. The largest absolute Gasteiger partial charge is 0.481 e. The number of carbonyl (C=O) groups is 1. The average molecular weight is 340 g/mol. The number of carboxylic acids is 1. The van der Waals surface area contributed by atoms with Gasteiger partial charge in [0.1, 0.15) is 0 Å². The minimum atomic E-state index is -0.681. The first-order valence-corrected chi connectivity index (χ1v) is 7.49. The van der Waals surface area contributed by atoms with Crippen LogP contribution >= 0.6 is 22.6 Å². The predicted octanol–water partition coefficient (Wildman–Crippen LogP) is 1.34. The molecule has 1 saturated heterocycles. The lowest BCUT2D eigenvalue weighted by Gasteiger charge is -2.34. The van der Waals surface area contributed by atoms with Gasteiger partial charge in [-0.2, -0.15) is 0 Å². The van der Waals surface area contributed by atoms with Crippen LogP contribution in [0, 0.1) is 0 Å². The fourth-order valence-corrected chi connectivity index (χ4v) is 2.81. The fraction of sp³-hybridized carbons (Fsp3) is 0.909. The van der Waals surface area contributed by atoms with Gasteiger partial charge in [0.25, 0.3) is 0 Å². The summed E-state index contributed by atoms with van der Waals surface area (Å²) in [6.07, 6.45) is 3.46. The third-order valence-electron chi connectivity index (χ3n) is 3.03. The zero-order valence-corrected chi connectivity index (χ0v) is 11.8. The number of hydrogen-bond donors (Lipinski definition) is 2. The van der Waals surface area contributed by atoms with E-state index in [9.17, 15) is 4.79 Å². The third-order valence-corrected chi connectivity index (χ3v) is 3.52. The Balaban J connectivity index is 2.30. The van der Waals surface area contributed by atoms with Crippen LogP contribution in [0.2, 0.25) is 0 Å². The van der Waals surface area contributed by atoms with Gasteiger partial charge in [-0.1, -0.05) is 22.6 Å². The first-order chi connectivity index (χ1) is 7.74. The molecule has 4 nitrogen and oxygen atoms in total. The molecule has 0 aliphatic carbocycles. The Labute approximate surface area is 111 Å². The van der Waals surface area contributed by atoms with E-state index in [1.165, 1.54) is 12.8 Å². The molecule has 0 saturated carbocycles. The first kappa shape index (κ1) is 14.2. The molecule has 5 heteroatoms. The summed E-state index contributed by atoms with van der Waals surface area (Å²) in [4.78, 5) is 13.0. The minimum Gasteiger partial charge on any atom is -0.481 e. The van der Waals surface area contributed by atoms with Crippen molar-refractivity contribution < 1.29 is 9.90 Å². The van der Waals surface area contributed by atoms with Gasteiger partial charge in [0.15, 0.2) is 0 Å². The van der Waals surface area contributed by atoms with Crippen molar-refractivity contribution in [3.8, 4) is 0 Å². The summed E-state index contributed by atoms with van der Waals surface area (Å²) < 4.78 is 1.12. The number of carboxylic acid groups (broad SMARTS) is 1. The van der Waals surface area contributed by atoms with Crippen molar-refractivity contribution in [3.05, 3.63) is 0 Å². The van der Waals surface area contributed by atoms with Gasteiger partial charge in [-0.15, -0.1) is 0 Å². The summed E-state index contributed by atoms with van der Waals surface area (Å²) in [6.45, 7) is 4.22. The second-order valence-corrected chi connectivity index (χ2v) is 5.28. The van der Waals surface area contributed by atoms with Gasteiger partial charge in [0.2, 0.25) is 0 Å². The molecule has 0 aromatic carbocycles. The number of hydrogen-bond acceptors (Lipinski definition) is 3. The number of aliphatic carboxylic acids is 1. The van der Waals surface area contributed by atoms with E-state index < -0.39 is 5.97 Å². The Morgan fingerprint density at radius 2 is 2.06 bits per heavy atom. The molecule has 0 bridgehead atoms. The molecule has 0 spiro atoms. The number of alkyl halides is 1. The van der Waals surface area contributed by atoms with Crippen LogP contribution in [0.4, 0.5) is 0 Å². The van der Waals surface area contributed by atoms with E-state index in [1.807, 2.05) is 0 Å². The maximum atomic E-state index is 10.5. The molecule has 0 amide bonds. The van der Waals surface area contributed by atoms with Crippen molar-refractivity contribution >= 4 is 28.6 Å². The van der Waals surface area contributed by atoms with E-state index in [0.717, 1.165) is 37.0 Å². The maximum absolute atomic E-state index is 10.5. The molecule has 94 valence electrons. The van der Waals surface area contributed by atoms with E-state index in [-0.39, 0.29) is 0 Å². The quantitative estimate of drug-likeness (QED) is 0.543. The second kappa shape index (κ2) is 8.25. The Hall–Kier alpha value is 0.120. The number of rotatable bonds is 7. The Morgan fingerprint density at radius 1 is 1.38 bits per heavy atom. The Kier molecular flexibility index (Phi) is 7.31. The summed E-state index contributed by atoms with van der Waals surface area (Å²) in [5, 5.41) is 12.0. The molecule has 0 aromatic rings. The monoisotopic (exact) mass is 340 g/mol. The molecule has 0 atom stereocenters. The molecular formula is C11H21IN2O2. The zero-order valence-electron chi connectivity index (χ0n) is 9.62. The van der Waals surface area contributed by atoms with Crippen LogP contribution in [0.15, 0.2) is 0 Å². The standard InChI is InChI=1S/C11H21IN2O2/c12-5-9-14(8-1-2-11(15)16)10-3-6-13-7-4-10/h10,13H,1-9H2,(H,15,16). The van der Waals surface area contributed by atoms with E-state index in [4.69, 9.17) is 5.11 Å². The van der Waals surface area contributed by atoms with Crippen molar-refractivity contribution in [2.24, 2.45) is 0 Å². The van der Waals surface area contributed by atoms with Crippen LogP contribution in [0.1, 0.15) is 25.7 Å². The van der Waals surface area contributed by atoms with Gasteiger partial charge >= 0.3 is 5.97 Å². The summed E-state index contributed by atoms with van der Waals surface area (Å²) in [5.74, 6) is -0.681. The summed E-state index contributed by atoms with van der Waals surface area (Å²) in [7, 11) is 0. The Morgan fingerprint density at radius 3 is 2.62 bits per heavy atom. The van der Waals surface area contributed by atoms with Crippen LogP contribution in [0.25, 0.3) is 0 Å². The second-order valence-electron chi connectivity index (χ2n) is 4.20. The Bertz CT molecular complexity index is 208. The number of piperidine rings is 1. The lowest BCUT2D eigenvalue weighted by Crippen LogP contribution is -2.44. The van der Waals surface area contributed by atoms with E-state index in [2.05, 4.69) is 32.8 Å². The van der Waals surface area contributed by atoms with Gasteiger partial charge in [-0.25, -0.2) is 0 Å². The van der Waals surface area contributed by atoms with Gasteiger partial charge < -0.3 is 10.4 Å². The molecule has 0 unspecified atom stereocenters. The van der Waals surface area contributed by atoms with E-state index in [1.54, 1.807) is 0 Å². The van der Waals surface area contributed by atoms with Crippen LogP contribution in [0.5, 0.6) is 0 Å². The van der Waals surface area contributed by atoms with Crippen molar-refractivity contribution in [2.45, 2.75) is 31.7 Å². The maximum Gasteiger partial charge on any atom is 0.303 e. The average Bonchev–Trinajstić information content (AvgIpc) is 2.29. The molecule has 0 radical (unpaired) electrons. The number of halogens is 1. The minimum absolute atomic E-state index is 0.294. The molecule has 1 aliphatic heterocycles. The van der Waals surface area contributed by atoms with Crippen LogP contribution in [0.3, 0.4) is 0 Å². The van der Waals surface area contributed by atoms with Crippen LogP contribution < -0.4 is 5.32 Å². The van der Waals surface area contributed by atoms with Crippen LogP contribution in [-0.2, 0) is 4.79 Å². The van der Waals surface area contributed by atoms with Gasteiger partial charge in [0.05, 0.1) is 0 Å². The van der Waals surface area contributed by atoms with E-state index in [0.29, 0.717) is 12.5 Å². The molecule has 1 rings (SSSR count). The normalized spacial score (nSPS) is 17.9. The highest BCUT2D eigenvalue weighted by molar-refractivity contribution is 14.1. The summed E-state index contributed by atoms with van der Waals surface area (Å²) in [6, 6.07) is 0.657. The number of nitrogens with one attached hydrogen (secondary N) is 1.